The smallest absolute Gasteiger partial charge is 0.236 e. The lowest BCUT2D eigenvalue weighted by molar-refractivity contribution is -0.130. The number of para-hydroxylation sites is 1. The van der Waals surface area contributed by atoms with Crippen LogP contribution in [-0.2, 0) is 4.79 Å². The van der Waals surface area contributed by atoms with Crippen LogP contribution in [0.3, 0.4) is 0 Å². The summed E-state index contributed by atoms with van der Waals surface area (Å²) in [6.45, 7) is 5.88. The number of hydrogen-bond donors (Lipinski definition) is 1. The molecule has 5 nitrogen and oxygen atoms in total. The van der Waals surface area contributed by atoms with E-state index in [1.54, 1.807) is 0 Å². The van der Waals surface area contributed by atoms with E-state index in [0.29, 0.717) is 5.92 Å². The predicted molar refractivity (Wildman–Crippen MR) is 95.2 cm³/mol. The van der Waals surface area contributed by atoms with Gasteiger partial charge in [-0.3, -0.25) is 9.69 Å². The van der Waals surface area contributed by atoms with Crippen molar-refractivity contribution in [3.8, 4) is 5.75 Å². The van der Waals surface area contributed by atoms with Gasteiger partial charge in [0, 0.05) is 19.6 Å². The monoisotopic (exact) mass is 331 g/mol. The number of piperidine rings is 1. The third-order valence-electron chi connectivity index (χ3n) is 5.24. The molecular weight excluding hydrogens is 302 g/mol. The first kappa shape index (κ1) is 17.2. The van der Waals surface area contributed by atoms with Crippen LogP contribution < -0.4 is 10.5 Å². The Kier molecular flexibility index (Phi) is 6.10. The van der Waals surface area contributed by atoms with Gasteiger partial charge >= 0.3 is 0 Å². The fraction of sp³-hybridized carbons (Fsp3) is 0.632. The highest BCUT2D eigenvalue weighted by Gasteiger charge is 2.25. The SMILES string of the molecule is NCC(=O)N1CCC(c2ccccc2OCCN2CCCC2)CC1. The van der Waals surface area contributed by atoms with Gasteiger partial charge in [-0.2, -0.15) is 0 Å². The molecule has 132 valence electrons. The minimum atomic E-state index is 0.0589. The Hall–Kier alpha value is -1.59. The molecule has 1 amide bonds. The van der Waals surface area contributed by atoms with Gasteiger partial charge in [0.2, 0.25) is 5.91 Å². The third-order valence-corrected chi connectivity index (χ3v) is 5.24. The molecule has 0 saturated carbocycles. The van der Waals surface area contributed by atoms with Crippen LogP contribution in [0.2, 0.25) is 0 Å². The number of carbonyl (C=O) groups excluding carboxylic acids is 1. The Morgan fingerprint density at radius 3 is 2.54 bits per heavy atom. The topological polar surface area (TPSA) is 58.8 Å². The number of ether oxygens (including phenoxy) is 1. The predicted octanol–water partition coefficient (Wildman–Crippen LogP) is 1.83. The van der Waals surface area contributed by atoms with E-state index in [1.807, 2.05) is 11.0 Å². The number of amides is 1. The Balaban J connectivity index is 1.55. The van der Waals surface area contributed by atoms with E-state index in [4.69, 9.17) is 10.5 Å². The number of hydrogen-bond acceptors (Lipinski definition) is 4. The first-order chi connectivity index (χ1) is 11.8. The molecule has 0 radical (unpaired) electrons. The van der Waals surface area contributed by atoms with Gasteiger partial charge < -0.3 is 15.4 Å². The quantitative estimate of drug-likeness (QED) is 0.864. The minimum Gasteiger partial charge on any atom is -0.492 e. The molecular formula is C19H29N3O2. The van der Waals surface area contributed by atoms with Gasteiger partial charge in [-0.15, -0.1) is 0 Å². The molecule has 1 aromatic rings. The zero-order valence-corrected chi connectivity index (χ0v) is 14.5. The van der Waals surface area contributed by atoms with Crippen LogP contribution in [0.5, 0.6) is 5.75 Å². The maximum absolute atomic E-state index is 11.7. The summed E-state index contributed by atoms with van der Waals surface area (Å²) in [6.07, 6.45) is 4.60. The van der Waals surface area contributed by atoms with Crippen LogP contribution in [0.1, 0.15) is 37.2 Å². The molecule has 2 N–H and O–H groups in total. The van der Waals surface area contributed by atoms with E-state index in [9.17, 15) is 4.79 Å². The Morgan fingerprint density at radius 1 is 1.12 bits per heavy atom. The molecule has 0 atom stereocenters. The normalized spacial score (nSPS) is 19.6. The van der Waals surface area contributed by atoms with E-state index in [1.165, 1.54) is 31.5 Å². The summed E-state index contributed by atoms with van der Waals surface area (Å²) < 4.78 is 6.11. The Morgan fingerprint density at radius 2 is 1.83 bits per heavy atom. The molecule has 0 aliphatic carbocycles. The number of carbonyl (C=O) groups is 1. The standard InChI is InChI=1S/C19H29N3O2/c20-15-19(23)22-11-7-16(8-12-22)17-5-1-2-6-18(17)24-14-13-21-9-3-4-10-21/h1-2,5-6,16H,3-4,7-15,20H2. The summed E-state index contributed by atoms with van der Waals surface area (Å²) in [5, 5.41) is 0. The molecule has 24 heavy (non-hydrogen) atoms. The van der Waals surface area contributed by atoms with Crippen molar-refractivity contribution in [1.82, 2.24) is 9.80 Å². The lowest BCUT2D eigenvalue weighted by Gasteiger charge is -2.32. The lowest BCUT2D eigenvalue weighted by atomic mass is 9.89. The second-order valence-electron chi connectivity index (χ2n) is 6.79. The summed E-state index contributed by atoms with van der Waals surface area (Å²) in [6, 6.07) is 8.38. The molecule has 0 unspecified atom stereocenters. The summed E-state index contributed by atoms with van der Waals surface area (Å²) in [5.41, 5.74) is 6.75. The maximum atomic E-state index is 11.7. The van der Waals surface area contributed by atoms with Crippen LogP contribution in [0.15, 0.2) is 24.3 Å². The van der Waals surface area contributed by atoms with Crippen LogP contribution >= 0.6 is 0 Å². The molecule has 2 aliphatic heterocycles. The van der Waals surface area contributed by atoms with E-state index < -0.39 is 0 Å². The van der Waals surface area contributed by atoms with Gasteiger partial charge in [0.05, 0.1) is 6.54 Å². The summed E-state index contributed by atoms with van der Waals surface area (Å²) in [5.74, 6) is 1.54. The van der Waals surface area contributed by atoms with E-state index in [2.05, 4.69) is 23.1 Å². The van der Waals surface area contributed by atoms with Gasteiger partial charge in [-0.1, -0.05) is 18.2 Å². The van der Waals surface area contributed by atoms with Gasteiger partial charge in [-0.25, -0.2) is 0 Å². The highest BCUT2D eigenvalue weighted by atomic mass is 16.5. The van der Waals surface area contributed by atoms with Crippen molar-refractivity contribution in [3.63, 3.8) is 0 Å². The largest absolute Gasteiger partial charge is 0.492 e. The molecule has 0 spiro atoms. The van der Waals surface area contributed by atoms with Crippen molar-refractivity contribution in [2.24, 2.45) is 5.73 Å². The van der Waals surface area contributed by atoms with Crippen molar-refractivity contribution in [3.05, 3.63) is 29.8 Å². The van der Waals surface area contributed by atoms with Gasteiger partial charge in [0.25, 0.3) is 0 Å². The molecule has 0 aromatic heterocycles. The third kappa shape index (κ3) is 4.28. The van der Waals surface area contributed by atoms with Crippen LogP contribution in [0, 0.1) is 0 Å². The average molecular weight is 331 g/mol. The van der Waals surface area contributed by atoms with Crippen LogP contribution in [-0.4, -0.2) is 61.6 Å². The van der Waals surface area contributed by atoms with Crippen molar-refractivity contribution in [2.75, 3.05) is 45.9 Å². The number of likely N-dealkylation sites (tertiary alicyclic amines) is 2. The average Bonchev–Trinajstić information content (AvgIpc) is 3.15. The zero-order valence-electron chi connectivity index (χ0n) is 14.5. The molecule has 2 heterocycles. The van der Waals surface area contributed by atoms with E-state index in [-0.39, 0.29) is 12.5 Å². The number of nitrogens with zero attached hydrogens (tertiary/aromatic N) is 2. The molecule has 5 heteroatoms. The highest BCUT2D eigenvalue weighted by molar-refractivity contribution is 5.78. The van der Waals surface area contributed by atoms with Crippen molar-refractivity contribution in [1.29, 1.82) is 0 Å². The van der Waals surface area contributed by atoms with Gasteiger partial charge in [0.1, 0.15) is 12.4 Å². The van der Waals surface area contributed by atoms with Crippen LogP contribution in [0.4, 0.5) is 0 Å². The van der Waals surface area contributed by atoms with Crippen molar-refractivity contribution >= 4 is 5.91 Å². The first-order valence-corrected chi connectivity index (χ1v) is 9.20. The zero-order chi connectivity index (χ0) is 16.8. The van der Waals surface area contributed by atoms with Crippen LogP contribution in [0.25, 0.3) is 0 Å². The fourth-order valence-corrected chi connectivity index (χ4v) is 3.81. The summed E-state index contributed by atoms with van der Waals surface area (Å²) in [4.78, 5) is 16.1. The lowest BCUT2D eigenvalue weighted by Crippen LogP contribution is -2.41. The molecule has 3 rings (SSSR count). The van der Waals surface area contributed by atoms with Gasteiger partial charge in [-0.05, 0) is 56.3 Å². The van der Waals surface area contributed by atoms with Crippen molar-refractivity contribution in [2.45, 2.75) is 31.6 Å². The van der Waals surface area contributed by atoms with Gasteiger partial charge in [0.15, 0.2) is 0 Å². The number of benzene rings is 1. The number of nitrogens with two attached hydrogens (primary N) is 1. The Labute approximate surface area is 144 Å². The van der Waals surface area contributed by atoms with Crippen molar-refractivity contribution < 1.29 is 9.53 Å². The first-order valence-electron chi connectivity index (χ1n) is 9.20. The molecule has 2 saturated heterocycles. The minimum absolute atomic E-state index is 0.0589. The summed E-state index contributed by atoms with van der Waals surface area (Å²) >= 11 is 0. The molecule has 0 bridgehead atoms. The summed E-state index contributed by atoms with van der Waals surface area (Å²) in [7, 11) is 0. The second-order valence-corrected chi connectivity index (χ2v) is 6.79. The van der Waals surface area contributed by atoms with E-state index in [0.717, 1.165) is 44.8 Å². The highest BCUT2D eigenvalue weighted by Crippen LogP contribution is 2.34. The van der Waals surface area contributed by atoms with E-state index >= 15 is 0 Å². The molecule has 2 aliphatic rings. The molecule has 1 aromatic carbocycles. The Bertz CT molecular complexity index is 535. The second kappa shape index (κ2) is 8.49. The molecule has 2 fully saturated rings. The number of rotatable bonds is 6. The maximum Gasteiger partial charge on any atom is 0.236 e. The fourth-order valence-electron chi connectivity index (χ4n) is 3.81.